The van der Waals surface area contributed by atoms with Gasteiger partial charge in [-0.15, -0.1) is 0 Å². The van der Waals surface area contributed by atoms with Crippen molar-refractivity contribution in [1.29, 1.82) is 0 Å². The van der Waals surface area contributed by atoms with E-state index >= 15 is 0 Å². The van der Waals surface area contributed by atoms with Crippen molar-refractivity contribution in [2.45, 2.75) is 51.6 Å². The molecular weight excluding hydrogens is 276 g/mol. The van der Waals surface area contributed by atoms with Crippen LogP contribution in [0.25, 0.3) is 0 Å². The summed E-state index contributed by atoms with van der Waals surface area (Å²) in [6.45, 7) is 9.96. The average Bonchev–Trinajstić information content (AvgIpc) is 2.75. The van der Waals surface area contributed by atoms with Crippen molar-refractivity contribution >= 4 is 15.9 Å². The fourth-order valence-corrected chi connectivity index (χ4v) is 3.99. The smallest absolute Gasteiger partial charge is 0.0224 e. The Morgan fingerprint density at radius 2 is 2.18 bits per heavy atom. The number of fused-ring (bicyclic) bond motifs is 1. The molecule has 3 atom stereocenters. The molecule has 2 saturated heterocycles. The molecule has 0 bridgehead atoms. The first-order valence-corrected chi connectivity index (χ1v) is 8.40. The predicted octanol–water partition coefficient (Wildman–Crippen LogP) is 2.97. The maximum Gasteiger partial charge on any atom is 0.0224 e. The van der Waals surface area contributed by atoms with Gasteiger partial charge in [0.15, 0.2) is 0 Å². The minimum absolute atomic E-state index is 0.753. The standard InChI is InChI=1S/C14H27BrN2/c1-3-5-13(8-15)10-17-11-14-6-4-7-16(14)9-12(17)2/h12-14H,3-11H2,1-2H3. The van der Waals surface area contributed by atoms with E-state index in [-0.39, 0.29) is 0 Å². The molecular formula is C14H27BrN2. The zero-order valence-electron chi connectivity index (χ0n) is 11.4. The second-order valence-corrected chi connectivity index (χ2v) is 6.55. The fraction of sp³-hybridized carbons (Fsp3) is 1.00. The van der Waals surface area contributed by atoms with Crippen molar-refractivity contribution in [3.05, 3.63) is 0 Å². The maximum absolute atomic E-state index is 3.68. The lowest BCUT2D eigenvalue weighted by Crippen LogP contribution is -2.55. The van der Waals surface area contributed by atoms with Gasteiger partial charge in [-0.25, -0.2) is 0 Å². The minimum Gasteiger partial charge on any atom is -0.298 e. The molecule has 17 heavy (non-hydrogen) atoms. The number of nitrogens with zero attached hydrogens (tertiary/aromatic N) is 2. The van der Waals surface area contributed by atoms with Crippen LogP contribution in [0.4, 0.5) is 0 Å². The Kier molecular flexibility index (Phi) is 5.31. The Bertz CT molecular complexity index is 234. The molecule has 0 saturated carbocycles. The summed E-state index contributed by atoms with van der Waals surface area (Å²) in [5.41, 5.74) is 0. The van der Waals surface area contributed by atoms with Gasteiger partial charge in [-0.1, -0.05) is 29.3 Å². The Hall–Kier alpha value is 0.400. The summed E-state index contributed by atoms with van der Waals surface area (Å²) in [5.74, 6) is 0.843. The van der Waals surface area contributed by atoms with Crippen LogP contribution in [0.3, 0.4) is 0 Å². The number of rotatable bonds is 5. The number of hydrogen-bond donors (Lipinski definition) is 0. The number of hydrogen-bond acceptors (Lipinski definition) is 2. The first-order chi connectivity index (χ1) is 8.24. The van der Waals surface area contributed by atoms with Gasteiger partial charge in [-0.3, -0.25) is 9.80 Å². The van der Waals surface area contributed by atoms with Crippen molar-refractivity contribution < 1.29 is 0 Å². The number of halogens is 1. The summed E-state index contributed by atoms with van der Waals surface area (Å²) in [6.07, 6.45) is 5.52. The van der Waals surface area contributed by atoms with Crippen molar-refractivity contribution in [1.82, 2.24) is 9.80 Å². The highest BCUT2D eigenvalue weighted by Crippen LogP contribution is 2.25. The van der Waals surface area contributed by atoms with Gasteiger partial charge in [0.25, 0.3) is 0 Å². The van der Waals surface area contributed by atoms with E-state index in [1.807, 2.05) is 0 Å². The van der Waals surface area contributed by atoms with E-state index in [0.717, 1.165) is 18.0 Å². The van der Waals surface area contributed by atoms with Crippen LogP contribution in [0.2, 0.25) is 0 Å². The molecule has 2 rings (SSSR count). The van der Waals surface area contributed by atoms with Crippen LogP contribution >= 0.6 is 15.9 Å². The van der Waals surface area contributed by atoms with Gasteiger partial charge in [-0.05, 0) is 38.6 Å². The molecule has 0 aliphatic carbocycles. The Balaban J connectivity index is 1.87. The van der Waals surface area contributed by atoms with Gasteiger partial charge < -0.3 is 0 Å². The van der Waals surface area contributed by atoms with Gasteiger partial charge in [0.05, 0.1) is 0 Å². The molecule has 2 aliphatic rings. The Morgan fingerprint density at radius 3 is 2.88 bits per heavy atom. The zero-order valence-corrected chi connectivity index (χ0v) is 13.0. The van der Waals surface area contributed by atoms with E-state index in [0.29, 0.717) is 0 Å². The van der Waals surface area contributed by atoms with E-state index in [2.05, 4.69) is 39.6 Å². The van der Waals surface area contributed by atoms with E-state index < -0.39 is 0 Å². The quantitative estimate of drug-likeness (QED) is 0.721. The third kappa shape index (κ3) is 3.45. The molecule has 3 unspecified atom stereocenters. The lowest BCUT2D eigenvalue weighted by atomic mass is 10.0. The number of piperazine rings is 1. The van der Waals surface area contributed by atoms with Crippen molar-refractivity contribution in [3.8, 4) is 0 Å². The van der Waals surface area contributed by atoms with E-state index in [1.165, 1.54) is 57.2 Å². The van der Waals surface area contributed by atoms with E-state index in [9.17, 15) is 0 Å². The third-order valence-corrected chi connectivity index (χ3v) is 5.39. The molecule has 0 N–H and O–H groups in total. The second kappa shape index (κ2) is 6.53. The van der Waals surface area contributed by atoms with Crippen LogP contribution in [-0.2, 0) is 0 Å². The highest BCUT2D eigenvalue weighted by Gasteiger charge is 2.34. The highest BCUT2D eigenvalue weighted by molar-refractivity contribution is 9.09. The zero-order chi connectivity index (χ0) is 12.3. The average molecular weight is 303 g/mol. The Labute approximate surface area is 115 Å². The third-order valence-electron chi connectivity index (χ3n) is 4.47. The fourth-order valence-electron chi connectivity index (χ4n) is 3.46. The predicted molar refractivity (Wildman–Crippen MR) is 77.8 cm³/mol. The lowest BCUT2D eigenvalue weighted by Gasteiger charge is -2.43. The summed E-state index contributed by atoms with van der Waals surface area (Å²) in [7, 11) is 0. The SMILES string of the molecule is CCCC(CBr)CN1CC2CCCN2CC1C. The van der Waals surface area contributed by atoms with Gasteiger partial charge >= 0.3 is 0 Å². The van der Waals surface area contributed by atoms with Crippen LogP contribution in [0, 0.1) is 5.92 Å². The molecule has 2 fully saturated rings. The lowest BCUT2D eigenvalue weighted by molar-refractivity contribution is 0.0495. The molecule has 2 heterocycles. The molecule has 0 amide bonds. The molecule has 0 aromatic rings. The molecule has 3 heteroatoms. The summed E-state index contributed by atoms with van der Waals surface area (Å²) >= 11 is 3.68. The largest absolute Gasteiger partial charge is 0.298 e. The highest BCUT2D eigenvalue weighted by atomic mass is 79.9. The monoisotopic (exact) mass is 302 g/mol. The van der Waals surface area contributed by atoms with Crippen molar-refractivity contribution in [2.75, 3.05) is 31.5 Å². The van der Waals surface area contributed by atoms with Crippen molar-refractivity contribution in [3.63, 3.8) is 0 Å². The normalized spacial score (nSPS) is 32.6. The second-order valence-electron chi connectivity index (χ2n) is 5.90. The van der Waals surface area contributed by atoms with Crippen LogP contribution in [0.5, 0.6) is 0 Å². The molecule has 0 spiro atoms. The first-order valence-electron chi connectivity index (χ1n) is 7.28. The van der Waals surface area contributed by atoms with Crippen LogP contribution in [0.1, 0.15) is 39.5 Å². The summed E-state index contributed by atoms with van der Waals surface area (Å²) in [5, 5.41) is 1.17. The van der Waals surface area contributed by atoms with Crippen LogP contribution < -0.4 is 0 Å². The van der Waals surface area contributed by atoms with Gasteiger partial charge in [-0.2, -0.15) is 0 Å². The van der Waals surface area contributed by atoms with Gasteiger partial charge in [0.2, 0.25) is 0 Å². The molecule has 0 aromatic carbocycles. The summed E-state index contributed by atoms with van der Waals surface area (Å²) < 4.78 is 0. The minimum atomic E-state index is 0.753. The van der Waals surface area contributed by atoms with Gasteiger partial charge in [0, 0.05) is 37.0 Å². The van der Waals surface area contributed by atoms with Crippen molar-refractivity contribution in [2.24, 2.45) is 5.92 Å². The topological polar surface area (TPSA) is 6.48 Å². The summed E-state index contributed by atoms with van der Waals surface area (Å²) in [6, 6.07) is 1.62. The van der Waals surface area contributed by atoms with Crippen LogP contribution in [0.15, 0.2) is 0 Å². The maximum atomic E-state index is 3.68. The Morgan fingerprint density at radius 1 is 1.35 bits per heavy atom. The molecule has 2 aliphatic heterocycles. The summed E-state index contributed by atoms with van der Waals surface area (Å²) in [4.78, 5) is 5.46. The molecule has 0 aromatic heterocycles. The molecule has 0 radical (unpaired) electrons. The van der Waals surface area contributed by atoms with Crippen LogP contribution in [-0.4, -0.2) is 53.4 Å². The van der Waals surface area contributed by atoms with E-state index in [1.54, 1.807) is 0 Å². The van der Waals surface area contributed by atoms with E-state index in [4.69, 9.17) is 0 Å². The molecule has 100 valence electrons. The molecule has 2 nitrogen and oxygen atoms in total. The number of alkyl halides is 1. The van der Waals surface area contributed by atoms with Gasteiger partial charge in [0.1, 0.15) is 0 Å². The first kappa shape index (κ1) is 13.8.